The van der Waals surface area contributed by atoms with Crippen molar-refractivity contribution in [1.29, 1.82) is 0 Å². The Bertz CT molecular complexity index is 225. The molecule has 0 radical (unpaired) electrons. The number of nitrogens with one attached hydrogen (secondary N) is 1. The van der Waals surface area contributed by atoms with Gasteiger partial charge >= 0.3 is 0 Å². The summed E-state index contributed by atoms with van der Waals surface area (Å²) < 4.78 is 5.74. The van der Waals surface area contributed by atoms with E-state index >= 15 is 0 Å². The van der Waals surface area contributed by atoms with Crippen molar-refractivity contribution in [2.75, 3.05) is 19.7 Å². The van der Waals surface area contributed by atoms with Crippen LogP contribution in [0.4, 0.5) is 0 Å². The van der Waals surface area contributed by atoms with Crippen LogP contribution in [0.15, 0.2) is 5.16 Å². The summed E-state index contributed by atoms with van der Waals surface area (Å²) in [6.07, 6.45) is 4.64. The Balaban J connectivity index is 1.80. The standard InChI is InChI=1S/C11H20N2O2/c1-2-10-8-14-13-11(15-10)6-9-4-3-5-12-7-9/h9-10,12H,2-8H2,1H3. The van der Waals surface area contributed by atoms with Gasteiger partial charge in [-0.2, -0.15) is 0 Å². The van der Waals surface area contributed by atoms with Gasteiger partial charge in [0.2, 0.25) is 5.90 Å². The van der Waals surface area contributed by atoms with Crippen molar-refractivity contribution < 1.29 is 9.57 Å². The van der Waals surface area contributed by atoms with E-state index in [1.165, 1.54) is 12.8 Å². The van der Waals surface area contributed by atoms with Crippen molar-refractivity contribution in [2.24, 2.45) is 11.1 Å². The lowest BCUT2D eigenvalue weighted by Gasteiger charge is -2.26. The van der Waals surface area contributed by atoms with Gasteiger partial charge in [0.25, 0.3) is 0 Å². The van der Waals surface area contributed by atoms with Gasteiger partial charge in [0.1, 0.15) is 6.10 Å². The number of oxime groups is 1. The van der Waals surface area contributed by atoms with Gasteiger partial charge in [0, 0.05) is 6.42 Å². The number of rotatable bonds is 3. The van der Waals surface area contributed by atoms with E-state index in [0.29, 0.717) is 12.5 Å². The molecule has 0 aromatic rings. The topological polar surface area (TPSA) is 42.8 Å². The SMILES string of the molecule is CCC1CON=C(CC2CCCNC2)O1. The maximum Gasteiger partial charge on any atom is 0.226 e. The van der Waals surface area contributed by atoms with Gasteiger partial charge in [-0.15, -0.1) is 0 Å². The highest BCUT2D eigenvalue weighted by atomic mass is 16.7. The fraction of sp³-hybridized carbons (Fsp3) is 0.909. The predicted molar refractivity (Wildman–Crippen MR) is 58.8 cm³/mol. The molecule has 2 rings (SSSR count). The van der Waals surface area contributed by atoms with Crippen LogP contribution in [-0.4, -0.2) is 31.7 Å². The third-order valence-corrected chi connectivity index (χ3v) is 3.05. The summed E-state index contributed by atoms with van der Waals surface area (Å²) in [6, 6.07) is 0. The second kappa shape index (κ2) is 5.35. The summed E-state index contributed by atoms with van der Waals surface area (Å²) in [5.41, 5.74) is 0. The Labute approximate surface area is 91.0 Å². The van der Waals surface area contributed by atoms with Crippen molar-refractivity contribution in [3.63, 3.8) is 0 Å². The van der Waals surface area contributed by atoms with E-state index in [9.17, 15) is 0 Å². The smallest absolute Gasteiger partial charge is 0.226 e. The maximum atomic E-state index is 5.74. The zero-order valence-corrected chi connectivity index (χ0v) is 9.37. The summed E-state index contributed by atoms with van der Waals surface area (Å²) in [4.78, 5) is 5.17. The number of nitrogens with zero attached hydrogens (tertiary/aromatic N) is 1. The molecule has 0 aromatic carbocycles. The first kappa shape index (κ1) is 10.7. The van der Waals surface area contributed by atoms with Gasteiger partial charge in [-0.25, -0.2) is 0 Å². The lowest BCUT2D eigenvalue weighted by atomic mass is 9.96. The van der Waals surface area contributed by atoms with Crippen LogP contribution in [0.2, 0.25) is 0 Å². The van der Waals surface area contributed by atoms with Crippen molar-refractivity contribution >= 4 is 5.90 Å². The molecule has 0 aliphatic carbocycles. The molecule has 1 N–H and O–H groups in total. The second-order valence-corrected chi connectivity index (χ2v) is 4.35. The molecule has 0 amide bonds. The van der Waals surface area contributed by atoms with Gasteiger partial charge in [-0.05, 0) is 38.3 Å². The van der Waals surface area contributed by atoms with Gasteiger partial charge in [-0.1, -0.05) is 12.1 Å². The minimum Gasteiger partial charge on any atom is -0.472 e. The van der Waals surface area contributed by atoms with Crippen LogP contribution in [0.3, 0.4) is 0 Å². The molecule has 2 atom stereocenters. The Hall–Kier alpha value is -0.770. The molecule has 2 aliphatic rings. The number of hydrogen-bond donors (Lipinski definition) is 1. The lowest BCUT2D eigenvalue weighted by Crippen LogP contribution is -2.34. The summed E-state index contributed by atoms with van der Waals surface area (Å²) >= 11 is 0. The van der Waals surface area contributed by atoms with Crippen molar-refractivity contribution in [1.82, 2.24) is 5.32 Å². The van der Waals surface area contributed by atoms with E-state index in [1.54, 1.807) is 0 Å². The Kier molecular flexibility index (Phi) is 3.83. The first-order chi connectivity index (χ1) is 7.38. The van der Waals surface area contributed by atoms with Crippen molar-refractivity contribution in [3.05, 3.63) is 0 Å². The summed E-state index contributed by atoms with van der Waals surface area (Å²) in [6.45, 7) is 4.94. The molecule has 86 valence electrons. The molecule has 0 saturated carbocycles. The molecule has 0 spiro atoms. The van der Waals surface area contributed by atoms with E-state index in [4.69, 9.17) is 9.57 Å². The highest BCUT2D eigenvalue weighted by Gasteiger charge is 2.22. The number of ether oxygens (including phenoxy) is 1. The van der Waals surface area contributed by atoms with Crippen LogP contribution in [-0.2, 0) is 9.57 Å². The van der Waals surface area contributed by atoms with E-state index < -0.39 is 0 Å². The zero-order chi connectivity index (χ0) is 10.5. The zero-order valence-electron chi connectivity index (χ0n) is 9.37. The Morgan fingerprint density at radius 3 is 3.20 bits per heavy atom. The molecular formula is C11H20N2O2. The molecule has 2 heterocycles. The molecular weight excluding hydrogens is 192 g/mol. The summed E-state index contributed by atoms with van der Waals surface area (Å²) in [7, 11) is 0. The van der Waals surface area contributed by atoms with Crippen LogP contribution in [0.25, 0.3) is 0 Å². The normalized spacial score (nSPS) is 31.4. The van der Waals surface area contributed by atoms with E-state index in [2.05, 4.69) is 17.4 Å². The van der Waals surface area contributed by atoms with E-state index in [1.807, 2.05) is 0 Å². The molecule has 4 nitrogen and oxygen atoms in total. The fourth-order valence-corrected chi connectivity index (χ4v) is 2.07. The maximum absolute atomic E-state index is 5.74. The fourth-order valence-electron chi connectivity index (χ4n) is 2.07. The van der Waals surface area contributed by atoms with Crippen molar-refractivity contribution in [3.8, 4) is 0 Å². The highest BCUT2D eigenvalue weighted by molar-refractivity contribution is 5.76. The average molecular weight is 212 g/mol. The van der Waals surface area contributed by atoms with E-state index in [-0.39, 0.29) is 6.10 Å². The minimum absolute atomic E-state index is 0.203. The first-order valence-corrected chi connectivity index (χ1v) is 5.94. The number of piperidine rings is 1. The quantitative estimate of drug-likeness (QED) is 0.771. The number of hydrogen-bond acceptors (Lipinski definition) is 4. The largest absolute Gasteiger partial charge is 0.472 e. The molecule has 2 aliphatic heterocycles. The lowest BCUT2D eigenvalue weighted by molar-refractivity contribution is 0.00394. The van der Waals surface area contributed by atoms with Gasteiger partial charge in [-0.3, -0.25) is 0 Å². The molecule has 2 unspecified atom stereocenters. The van der Waals surface area contributed by atoms with Crippen LogP contribution >= 0.6 is 0 Å². The molecule has 4 heteroatoms. The van der Waals surface area contributed by atoms with Crippen LogP contribution in [0.5, 0.6) is 0 Å². The predicted octanol–water partition coefficient (Wildman–Crippen LogP) is 1.51. The van der Waals surface area contributed by atoms with E-state index in [0.717, 1.165) is 31.8 Å². The van der Waals surface area contributed by atoms with Gasteiger partial charge in [0.15, 0.2) is 6.61 Å². The molecule has 0 aromatic heterocycles. The third-order valence-electron chi connectivity index (χ3n) is 3.05. The third kappa shape index (κ3) is 3.09. The summed E-state index contributed by atoms with van der Waals surface area (Å²) in [5, 5.41) is 7.39. The summed E-state index contributed by atoms with van der Waals surface area (Å²) in [5.74, 6) is 1.46. The Morgan fingerprint density at radius 2 is 2.47 bits per heavy atom. The first-order valence-electron chi connectivity index (χ1n) is 5.94. The van der Waals surface area contributed by atoms with Gasteiger partial charge in [0.05, 0.1) is 0 Å². The molecule has 1 saturated heterocycles. The molecule has 0 bridgehead atoms. The van der Waals surface area contributed by atoms with Crippen molar-refractivity contribution in [2.45, 2.75) is 38.7 Å². The monoisotopic (exact) mass is 212 g/mol. The molecule has 15 heavy (non-hydrogen) atoms. The Morgan fingerprint density at radius 1 is 1.53 bits per heavy atom. The van der Waals surface area contributed by atoms with Crippen LogP contribution in [0, 0.1) is 5.92 Å². The van der Waals surface area contributed by atoms with Crippen LogP contribution < -0.4 is 5.32 Å². The average Bonchev–Trinajstić information content (AvgIpc) is 2.31. The highest BCUT2D eigenvalue weighted by Crippen LogP contribution is 2.18. The minimum atomic E-state index is 0.203. The van der Waals surface area contributed by atoms with Gasteiger partial charge < -0.3 is 14.9 Å². The molecule has 1 fully saturated rings. The second-order valence-electron chi connectivity index (χ2n) is 4.35. The van der Waals surface area contributed by atoms with Crippen LogP contribution in [0.1, 0.15) is 32.6 Å².